The van der Waals surface area contributed by atoms with E-state index in [-0.39, 0.29) is 18.0 Å². The maximum atomic E-state index is 12.4. The average molecular weight is 286 g/mol. The SMILES string of the molecule is CN(CCCCCO)S(=O)(=O)c1ccccc1CN. The molecule has 0 heterocycles. The molecule has 6 heteroatoms. The summed E-state index contributed by atoms with van der Waals surface area (Å²) in [7, 11) is -1.91. The molecule has 19 heavy (non-hydrogen) atoms. The van der Waals surface area contributed by atoms with Gasteiger partial charge in [-0.15, -0.1) is 0 Å². The molecule has 0 saturated carbocycles. The van der Waals surface area contributed by atoms with Gasteiger partial charge in [0.25, 0.3) is 0 Å². The van der Waals surface area contributed by atoms with Gasteiger partial charge in [-0.3, -0.25) is 0 Å². The summed E-state index contributed by atoms with van der Waals surface area (Å²) in [4.78, 5) is 0.280. The molecule has 0 saturated heterocycles. The first kappa shape index (κ1) is 16.1. The minimum atomic E-state index is -3.48. The zero-order valence-corrected chi connectivity index (χ0v) is 12.1. The van der Waals surface area contributed by atoms with Gasteiger partial charge in [0.1, 0.15) is 0 Å². The molecule has 0 unspecified atom stereocenters. The van der Waals surface area contributed by atoms with Crippen molar-refractivity contribution in [2.45, 2.75) is 30.7 Å². The minimum Gasteiger partial charge on any atom is -0.396 e. The number of aliphatic hydroxyl groups is 1. The summed E-state index contributed by atoms with van der Waals surface area (Å²) >= 11 is 0. The van der Waals surface area contributed by atoms with E-state index >= 15 is 0 Å². The predicted octanol–water partition coefficient (Wildman–Crippen LogP) is 0.928. The van der Waals surface area contributed by atoms with Crippen LogP contribution in [0.15, 0.2) is 29.2 Å². The van der Waals surface area contributed by atoms with E-state index in [4.69, 9.17) is 10.8 Å². The number of aliphatic hydroxyl groups excluding tert-OH is 1. The zero-order valence-electron chi connectivity index (χ0n) is 11.2. The van der Waals surface area contributed by atoms with E-state index in [0.717, 1.165) is 12.8 Å². The Kier molecular flexibility index (Phi) is 6.44. The monoisotopic (exact) mass is 286 g/mol. The van der Waals surface area contributed by atoms with E-state index < -0.39 is 10.0 Å². The standard InChI is InChI=1S/C13H22N2O3S/c1-15(9-5-2-6-10-16)19(17,18)13-8-4-3-7-12(13)11-14/h3-4,7-8,16H,2,5-6,9-11,14H2,1H3. The van der Waals surface area contributed by atoms with Crippen LogP contribution < -0.4 is 5.73 Å². The molecule has 0 amide bonds. The van der Waals surface area contributed by atoms with E-state index in [1.54, 1.807) is 31.3 Å². The minimum absolute atomic E-state index is 0.145. The Morgan fingerprint density at radius 3 is 2.53 bits per heavy atom. The second-order valence-electron chi connectivity index (χ2n) is 4.42. The first-order valence-electron chi connectivity index (χ1n) is 6.39. The van der Waals surface area contributed by atoms with Gasteiger partial charge in [0, 0.05) is 26.7 Å². The third-order valence-corrected chi connectivity index (χ3v) is 4.97. The molecule has 0 aliphatic carbocycles. The predicted molar refractivity (Wildman–Crippen MR) is 75.1 cm³/mol. The number of nitrogens with two attached hydrogens (primary N) is 1. The van der Waals surface area contributed by atoms with Crippen LogP contribution in [-0.4, -0.2) is 38.0 Å². The highest BCUT2D eigenvalue weighted by Crippen LogP contribution is 2.19. The molecular weight excluding hydrogens is 264 g/mol. The molecule has 1 rings (SSSR count). The third kappa shape index (κ3) is 4.28. The number of unbranched alkanes of at least 4 members (excludes halogenated alkanes) is 2. The smallest absolute Gasteiger partial charge is 0.243 e. The summed E-state index contributed by atoms with van der Waals surface area (Å²) in [5.74, 6) is 0. The Morgan fingerprint density at radius 2 is 1.89 bits per heavy atom. The molecule has 0 spiro atoms. The van der Waals surface area contributed by atoms with Crippen molar-refractivity contribution in [3.63, 3.8) is 0 Å². The number of sulfonamides is 1. The topological polar surface area (TPSA) is 83.6 Å². The fourth-order valence-corrected chi connectivity index (χ4v) is 3.27. The molecule has 1 aromatic rings. The molecule has 0 aliphatic rings. The van der Waals surface area contributed by atoms with Crippen molar-refractivity contribution in [1.29, 1.82) is 0 Å². The van der Waals surface area contributed by atoms with Crippen molar-refractivity contribution in [2.24, 2.45) is 5.73 Å². The van der Waals surface area contributed by atoms with Gasteiger partial charge >= 0.3 is 0 Å². The van der Waals surface area contributed by atoms with Crippen molar-refractivity contribution in [3.05, 3.63) is 29.8 Å². The quantitative estimate of drug-likeness (QED) is 0.696. The molecule has 0 aromatic heterocycles. The van der Waals surface area contributed by atoms with Gasteiger partial charge in [-0.25, -0.2) is 12.7 Å². The van der Waals surface area contributed by atoms with Crippen LogP contribution in [0.1, 0.15) is 24.8 Å². The summed E-state index contributed by atoms with van der Waals surface area (Å²) in [6.07, 6.45) is 2.25. The first-order chi connectivity index (χ1) is 9.04. The summed E-state index contributed by atoms with van der Waals surface area (Å²) in [5.41, 5.74) is 6.21. The van der Waals surface area contributed by atoms with Crippen LogP contribution in [0.4, 0.5) is 0 Å². The maximum absolute atomic E-state index is 12.4. The molecule has 0 fully saturated rings. The van der Waals surface area contributed by atoms with Crippen LogP contribution in [-0.2, 0) is 16.6 Å². The summed E-state index contributed by atoms with van der Waals surface area (Å²) in [6, 6.07) is 6.79. The van der Waals surface area contributed by atoms with Crippen LogP contribution >= 0.6 is 0 Å². The van der Waals surface area contributed by atoms with Gasteiger partial charge in [0.2, 0.25) is 10.0 Å². The van der Waals surface area contributed by atoms with Crippen molar-refractivity contribution in [2.75, 3.05) is 20.2 Å². The van der Waals surface area contributed by atoms with Crippen LogP contribution in [0.25, 0.3) is 0 Å². The first-order valence-corrected chi connectivity index (χ1v) is 7.83. The van der Waals surface area contributed by atoms with Crippen molar-refractivity contribution < 1.29 is 13.5 Å². The molecule has 3 N–H and O–H groups in total. The lowest BCUT2D eigenvalue weighted by Crippen LogP contribution is -2.29. The molecule has 0 radical (unpaired) electrons. The number of nitrogens with zero attached hydrogens (tertiary/aromatic N) is 1. The van der Waals surface area contributed by atoms with Crippen LogP contribution in [0.2, 0.25) is 0 Å². The fraction of sp³-hybridized carbons (Fsp3) is 0.538. The van der Waals surface area contributed by atoms with Crippen molar-refractivity contribution in [1.82, 2.24) is 4.31 Å². The average Bonchev–Trinajstić information content (AvgIpc) is 2.43. The molecule has 5 nitrogen and oxygen atoms in total. The van der Waals surface area contributed by atoms with Crippen LogP contribution in [0.5, 0.6) is 0 Å². The number of rotatable bonds is 8. The Hall–Kier alpha value is -0.950. The normalized spacial score (nSPS) is 12.0. The molecule has 1 aromatic carbocycles. The molecule has 0 bridgehead atoms. The summed E-state index contributed by atoms with van der Waals surface area (Å²) in [6.45, 7) is 0.793. The lowest BCUT2D eigenvalue weighted by atomic mass is 10.2. The van der Waals surface area contributed by atoms with Gasteiger partial charge in [0.05, 0.1) is 4.90 Å². The number of hydrogen-bond acceptors (Lipinski definition) is 4. The molecular formula is C13H22N2O3S. The van der Waals surface area contributed by atoms with E-state index in [9.17, 15) is 8.42 Å². The van der Waals surface area contributed by atoms with Gasteiger partial charge < -0.3 is 10.8 Å². The molecule has 0 atom stereocenters. The third-order valence-electron chi connectivity index (χ3n) is 3.01. The van der Waals surface area contributed by atoms with Gasteiger partial charge in [-0.1, -0.05) is 18.2 Å². The van der Waals surface area contributed by atoms with E-state index in [1.807, 2.05) is 0 Å². The lowest BCUT2D eigenvalue weighted by Gasteiger charge is -2.18. The highest BCUT2D eigenvalue weighted by atomic mass is 32.2. The van der Waals surface area contributed by atoms with Gasteiger partial charge in [-0.2, -0.15) is 0 Å². The van der Waals surface area contributed by atoms with Gasteiger partial charge in [-0.05, 0) is 30.9 Å². The number of hydrogen-bond donors (Lipinski definition) is 2. The highest BCUT2D eigenvalue weighted by Gasteiger charge is 2.22. The zero-order chi connectivity index (χ0) is 14.3. The fourth-order valence-electron chi connectivity index (χ4n) is 1.84. The van der Waals surface area contributed by atoms with Gasteiger partial charge in [0.15, 0.2) is 0 Å². The molecule has 108 valence electrons. The Bertz CT molecular complexity index is 488. The Labute approximate surface area is 115 Å². The highest BCUT2D eigenvalue weighted by molar-refractivity contribution is 7.89. The second-order valence-corrected chi connectivity index (χ2v) is 6.44. The van der Waals surface area contributed by atoms with Crippen LogP contribution in [0.3, 0.4) is 0 Å². The molecule has 0 aliphatic heterocycles. The lowest BCUT2D eigenvalue weighted by molar-refractivity contribution is 0.281. The van der Waals surface area contributed by atoms with E-state index in [2.05, 4.69) is 0 Å². The van der Waals surface area contributed by atoms with Crippen molar-refractivity contribution in [3.8, 4) is 0 Å². The summed E-state index contributed by atoms with van der Waals surface area (Å²) in [5, 5.41) is 8.69. The van der Waals surface area contributed by atoms with Crippen LogP contribution in [0, 0.1) is 0 Å². The second kappa shape index (κ2) is 7.59. The van der Waals surface area contributed by atoms with E-state index in [0.29, 0.717) is 18.5 Å². The summed E-state index contributed by atoms with van der Waals surface area (Å²) < 4.78 is 26.1. The largest absolute Gasteiger partial charge is 0.396 e. The maximum Gasteiger partial charge on any atom is 0.243 e. The Balaban J connectivity index is 2.79. The number of benzene rings is 1. The van der Waals surface area contributed by atoms with E-state index in [1.165, 1.54) is 4.31 Å². The van der Waals surface area contributed by atoms with Crippen molar-refractivity contribution >= 4 is 10.0 Å². The Morgan fingerprint density at radius 1 is 1.21 bits per heavy atom.